The lowest BCUT2D eigenvalue weighted by atomic mass is 10.1. The summed E-state index contributed by atoms with van der Waals surface area (Å²) in [5, 5.41) is 37.2. The Balaban J connectivity index is 1.43. The van der Waals surface area contributed by atoms with Gasteiger partial charge in [-0.1, -0.05) is 23.3 Å². The highest BCUT2D eigenvalue weighted by atomic mass is 16.3. The van der Waals surface area contributed by atoms with Gasteiger partial charge in [0.25, 0.3) is 5.91 Å². The van der Waals surface area contributed by atoms with Crippen LogP contribution in [0.15, 0.2) is 56.9 Å². The van der Waals surface area contributed by atoms with E-state index in [1.807, 2.05) is 38.1 Å². The van der Waals surface area contributed by atoms with Gasteiger partial charge in [0, 0.05) is 16.5 Å². The van der Waals surface area contributed by atoms with Crippen LogP contribution in [-0.2, 0) is 0 Å². The van der Waals surface area contributed by atoms with Crippen molar-refractivity contribution in [1.29, 1.82) is 0 Å². The molecular formula is C26H23N7O4. The summed E-state index contributed by atoms with van der Waals surface area (Å²) in [6.45, 7) is 7.02. The van der Waals surface area contributed by atoms with Crippen LogP contribution in [-0.4, -0.2) is 37.0 Å². The molecule has 5 N–H and O–H groups in total. The number of fused-ring (bicyclic) bond motifs is 2. The number of hydrogen-bond acceptors (Lipinski definition) is 6. The summed E-state index contributed by atoms with van der Waals surface area (Å²) in [7, 11) is 0. The van der Waals surface area contributed by atoms with Crippen molar-refractivity contribution in [3.05, 3.63) is 70.0 Å². The molecule has 0 spiro atoms. The van der Waals surface area contributed by atoms with Crippen LogP contribution in [0.2, 0.25) is 0 Å². The highest BCUT2D eigenvalue weighted by Gasteiger charge is 2.23. The second-order valence-electron chi connectivity index (χ2n) is 8.88. The highest BCUT2D eigenvalue weighted by Crippen LogP contribution is 2.37. The molecule has 5 rings (SSSR count). The van der Waals surface area contributed by atoms with E-state index < -0.39 is 11.8 Å². The molecule has 0 fully saturated rings. The molecule has 186 valence electrons. The van der Waals surface area contributed by atoms with E-state index in [1.54, 1.807) is 26.0 Å². The molecule has 2 amide bonds. The van der Waals surface area contributed by atoms with Gasteiger partial charge in [-0.05, 0) is 57.5 Å². The van der Waals surface area contributed by atoms with Gasteiger partial charge in [-0.15, -0.1) is 20.5 Å². The quantitative estimate of drug-likeness (QED) is 0.179. The first-order chi connectivity index (χ1) is 17.6. The lowest BCUT2D eigenvalue weighted by Gasteiger charge is -1.97. The Morgan fingerprint density at radius 1 is 0.703 bits per heavy atom. The first kappa shape index (κ1) is 23.7. The number of carbonyl (C=O) groups is 2. The van der Waals surface area contributed by atoms with Crippen LogP contribution in [0.3, 0.4) is 0 Å². The minimum Gasteiger partial charge on any atom is -0.493 e. The number of aromatic amines is 3. The molecule has 37 heavy (non-hydrogen) atoms. The number of amides is 2. The zero-order valence-electron chi connectivity index (χ0n) is 20.5. The first-order valence-corrected chi connectivity index (χ1v) is 11.4. The van der Waals surface area contributed by atoms with E-state index in [2.05, 4.69) is 35.4 Å². The molecule has 0 bridgehead atoms. The number of benzene rings is 2. The Bertz CT molecular complexity index is 1790. The summed E-state index contributed by atoms with van der Waals surface area (Å²) in [4.78, 5) is 34.2. The molecule has 2 aromatic carbocycles. The zero-order valence-corrected chi connectivity index (χ0v) is 20.5. The van der Waals surface area contributed by atoms with Crippen molar-refractivity contribution in [1.82, 2.24) is 15.0 Å². The second kappa shape index (κ2) is 8.86. The molecule has 0 unspecified atom stereocenters. The number of azo groups is 2. The minimum atomic E-state index is -0.720. The van der Waals surface area contributed by atoms with Crippen LogP contribution < -0.4 is 0 Å². The summed E-state index contributed by atoms with van der Waals surface area (Å²) in [6.07, 6.45) is 0. The standard InChI is InChI=1S/C26H23N7O4/c1-11-5-7-17-15(9-11)21(24(35)28-17)30-32-23(34)19-13(3)20(27-14(19)4)26(37)33-31-22-16-10-12(2)6-8-18(16)29-25(22)36/h5-10,27-29,35-36H,1-4H3. The maximum absolute atomic E-state index is 12.9. The first-order valence-electron chi connectivity index (χ1n) is 11.4. The largest absolute Gasteiger partial charge is 0.493 e. The molecule has 11 heteroatoms. The Kier molecular flexibility index (Phi) is 5.67. The van der Waals surface area contributed by atoms with Gasteiger partial charge in [-0.3, -0.25) is 9.59 Å². The Hall–Kier alpha value is -5.06. The van der Waals surface area contributed by atoms with Crippen molar-refractivity contribution in [2.75, 3.05) is 0 Å². The molecule has 0 saturated carbocycles. The smallest absolute Gasteiger partial charge is 0.312 e. The van der Waals surface area contributed by atoms with Crippen molar-refractivity contribution >= 4 is 45.0 Å². The van der Waals surface area contributed by atoms with E-state index in [0.717, 1.165) is 11.1 Å². The number of hydrogen-bond donors (Lipinski definition) is 5. The number of aryl methyl sites for hydroxylation is 3. The van der Waals surface area contributed by atoms with E-state index in [-0.39, 0.29) is 34.4 Å². The monoisotopic (exact) mass is 497 g/mol. The molecule has 3 heterocycles. The van der Waals surface area contributed by atoms with E-state index in [0.29, 0.717) is 33.1 Å². The van der Waals surface area contributed by atoms with Crippen molar-refractivity contribution in [3.63, 3.8) is 0 Å². The van der Waals surface area contributed by atoms with Crippen LogP contribution in [0.4, 0.5) is 11.4 Å². The Morgan fingerprint density at radius 3 is 1.70 bits per heavy atom. The SMILES string of the molecule is Cc1ccc2[nH]c(O)c(N=NC(=O)c3[nH]c(C)c(C(=O)N=Nc4c(O)[nH]c5ccc(C)cc45)c3C)c2c1. The van der Waals surface area contributed by atoms with E-state index in [9.17, 15) is 19.8 Å². The lowest BCUT2D eigenvalue weighted by molar-refractivity contribution is 0.0988. The normalized spacial score (nSPS) is 12.0. The van der Waals surface area contributed by atoms with Crippen LogP contribution in [0.1, 0.15) is 43.2 Å². The fourth-order valence-corrected chi connectivity index (χ4v) is 4.33. The number of H-pyrrole nitrogens is 3. The number of aromatic nitrogens is 3. The van der Waals surface area contributed by atoms with Crippen molar-refractivity contribution in [2.45, 2.75) is 27.7 Å². The topological polar surface area (TPSA) is 171 Å². The maximum Gasteiger partial charge on any atom is 0.312 e. The molecular weight excluding hydrogens is 474 g/mol. The molecule has 0 radical (unpaired) electrons. The molecule has 5 aromatic rings. The number of nitrogens with one attached hydrogen (secondary N) is 3. The van der Waals surface area contributed by atoms with E-state index >= 15 is 0 Å². The highest BCUT2D eigenvalue weighted by molar-refractivity contribution is 6.03. The zero-order chi connectivity index (χ0) is 26.4. The fourth-order valence-electron chi connectivity index (χ4n) is 4.33. The van der Waals surface area contributed by atoms with Gasteiger partial charge in [0.15, 0.2) is 11.4 Å². The fraction of sp³-hybridized carbons (Fsp3) is 0.154. The summed E-state index contributed by atoms with van der Waals surface area (Å²) in [5.41, 5.74) is 4.51. The third kappa shape index (κ3) is 4.16. The molecule has 0 saturated heterocycles. The number of aromatic hydroxyl groups is 2. The van der Waals surface area contributed by atoms with Gasteiger partial charge in [-0.2, -0.15) is 0 Å². The van der Waals surface area contributed by atoms with E-state index in [1.165, 1.54) is 0 Å². The average Bonchev–Trinajstić information content (AvgIpc) is 3.44. The molecule has 0 atom stereocenters. The predicted molar refractivity (Wildman–Crippen MR) is 137 cm³/mol. The molecule has 11 nitrogen and oxygen atoms in total. The van der Waals surface area contributed by atoms with Crippen molar-refractivity contribution in [3.8, 4) is 11.8 Å². The lowest BCUT2D eigenvalue weighted by Crippen LogP contribution is -2.00. The van der Waals surface area contributed by atoms with Crippen LogP contribution in [0.25, 0.3) is 21.8 Å². The van der Waals surface area contributed by atoms with Gasteiger partial charge >= 0.3 is 5.91 Å². The van der Waals surface area contributed by atoms with Gasteiger partial charge < -0.3 is 25.2 Å². The van der Waals surface area contributed by atoms with Crippen molar-refractivity contribution in [2.24, 2.45) is 20.5 Å². The minimum absolute atomic E-state index is 0.0703. The van der Waals surface area contributed by atoms with Gasteiger partial charge in [0.2, 0.25) is 11.8 Å². The van der Waals surface area contributed by atoms with Crippen molar-refractivity contribution < 1.29 is 19.8 Å². The number of rotatable bonds is 4. The molecule has 0 aliphatic carbocycles. The summed E-state index contributed by atoms with van der Waals surface area (Å²) in [6, 6.07) is 11.0. The van der Waals surface area contributed by atoms with Crippen LogP contribution in [0.5, 0.6) is 11.8 Å². The number of nitrogens with zero attached hydrogens (tertiary/aromatic N) is 4. The van der Waals surface area contributed by atoms with Crippen LogP contribution in [0, 0.1) is 27.7 Å². The molecule has 3 aromatic heterocycles. The molecule has 0 aliphatic heterocycles. The predicted octanol–water partition coefficient (Wildman–Crippen LogP) is 6.47. The molecule has 0 aliphatic rings. The Morgan fingerprint density at radius 2 is 1.19 bits per heavy atom. The third-order valence-corrected chi connectivity index (χ3v) is 6.16. The average molecular weight is 498 g/mol. The van der Waals surface area contributed by atoms with Gasteiger partial charge in [-0.25, -0.2) is 0 Å². The second-order valence-corrected chi connectivity index (χ2v) is 8.88. The summed E-state index contributed by atoms with van der Waals surface area (Å²) < 4.78 is 0. The maximum atomic E-state index is 12.9. The summed E-state index contributed by atoms with van der Waals surface area (Å²) in [5.74, 6) is -1.81. The van der Waals surface area contributed by atoms with Gasteiger partial charge in [0.1, 0.15) is 5.69 Å². The summed E-state index contributed by atoms with van der Waals surface area (Å²) >= 11 is 0. The Labute approximate surface area is 210 Å². The van der Waals surface area contributed by atoms with E-state index in [4.69, 9.17) is 0 Å². The van der Waals surface area contributed by atoms with Gasteiger partial charge in [0.05, 0.1) is 16.6 Å². The number of carbonyl (C=O) groups excluding carboxylic acids is 2. The third-order valence-electron chi connectivity index (χ3n) is 6.16. The van der Waals surface area contributed by atoms with Crippen LogP contribution >= 0.6 is 0 Å².